The standard InChI is InChI=1S/C21H26ClN3O2/c1-4-25(15(2)3)14-16-5-7-17(8-6-16)21(27)23-13-20(26)24-19-11-9-18(22)10-12-19/h5-12,15H,4,13-14H2,1-3H3,(H,23,27)(H,24,26). The molecule has 0 unspecified atom stereocenters. The summed E-state index contributed by atoms with van der Waals surface area (Å²) in [4.78, 5) is 26.5. The van der Waals surface area contributed by atoms with E-state index in [1.807, 2.05) is 12.1 Å². The summed E-state index contributed by atoms with van der Waals surface area (Å²) in [5.41, 5.74) is 2.32. The maximum Gasteiger partial charge on any atom is 0.251 e. The van der Waals surface area contributed by atoms with Gasteiger partial charge in [0.25, 0.3) is 5.91 Å². The van der Waals surface area contributed by atoms with Gasteiger partial charge in [0.2, 0.25) is 5.91 Å². The fourth-order valence-electron chi connectivity index (χ4n) is 2.66. The molecule has 0 spiro atoms. The molecular formula is C21H26ClN3O2. The molecule has 0 saturated carbocycles. The van der Waals surface area contributed by atoms with Crippen molar-refractivity contribution in [2.24, 2.45) is 0 Å². The second kappa shape index (κ2) is 10.1. The summed E-state index contributed by atoms with van der Waals surface area (Å²) in [6.07, 6.45) is 0. The number of amides is 2. The number of carbonyl (C=O) groups is 2. The van der Waals surface area contributed by atoms with Gasteiger partial charge in [0.1, 0.15) is 0 Å². The Morgan fingerprint density at radius 3 is 2.22 bits per heavy atom. The summed E-state index contributed by atoms with van der Waals surface area (Å²) in [7, 11) is 0. The maximum atomic E-state index is 12.2. The van der Waals surface area contributed by atoms with E-state index in [4.69, 9.17) is 11.6 Å². The minimum atomic E-state index is -0.294. The van der Waals surface area contributed by atoms with Crippen molar-refractivity contribution in [2.45, 2.75) is 33.4 Å². The Hall–Kier alpha value is -2.37. The highest BCUT2D eigenvalue weighted by molar-refractivity contribution is 6.30. The highest BCUT2D eigenvalue weighted by Crippen LogP contribution is 2.13. The van der Waals surface area contributed by atoms with Crippen LogP contribution >= 0.6 is 11.6 Å². The summed E-state index contributed by atoms with van der Waals surface area (Å²) >= 11 is 5.81. The van der Waals surface area contributed by atoms with Crippen molar-refractivity contribution in [1.29, 1.82) is 0 Å². The summed E-state index contributed by atoms with van der Waals surface area (Å²) < 4.78 is 0. The molecule has 144 valence electrons. The van der Waals surface area contributed by atoms with Gasteiger partial charge in [-0.25, -0.2) is 0 Å². The molecule has 0 radical (unpaired) electrons. The molecule has 2 aromatic carbocycles. The van der Waals surface area contributed by atoms with E-state index in [2.05, 4.69) is 36.3 Å². The number of nitrogens with one attached hydrogen (secondary N) is 2. The summed E-state index contributed by atoms with van der Waals surface area (Å²) in [6.45, 7) is 8.19. The van der Waals surface area contributed by atoms with Crippen LogP contribution in [0.2, 0.25) is 5.02 Å². The van der Waals surface area contributed by atoms with Gasteiger partial charge in [-0.05, 0) is 62.4 Å². The molecule has 27 heavy (non-hydrogen) atoms. The van der Waals surface area contributed by atoms with Crippen LogP contribution < -0.4 is 10.6 Å². The molecule has 2 N–H and O–H groups in total. The summed E-state index contributed by atoms with van der Waals surface area (Å²) in [5.74, 6) is -0.568. The number of benzene rings is 2. The average molecular weight is 388 g/mol. The van der Waals surface area contributed by atoms with Crippen molar-refractivity contribution in [3.05, 3.63) is 64.7 Å². The van der Waals surface area contributed by atoms with E-state index in [1.54, 1.807) is 36.4 Å². The molecule has 2 aromatic rings. The SMILES string of the molecule is CCN(Cc1ccc(C(=O)NCC(=O)Nc2ccc(Cl)cc2)cc1)C(C)C. The predicted molar refractivity (Wildman–Crippen MR) is 110 cm³/mol. The van der Waals surface area contributed by atoms with Crippen LogP contribution in [0.15, 0.2) is 48.5 Å². The van der Waals surface area contributed by atoms with Gasteiger partial charge >= 0.3 is 0 Å². The van der Waals surface area contributed by atoms with Gasteiger partial charge in [-0.3, -0.25) is 14.5 Å². The smallest absolute Gasteiger partial charge is 0.251 e. The molecule has 0 heterocycles. The van der Waals surface area contributed by atoms with Crippen LogP contribution in [0.3, 0.4) is 0 Å². The lowest BCUT2D eigenvalue weighted by molar-refractivity contribution is -0.115. The van der Waals surface area contributed by atoms with Crippen molar-refractivity contribution >= 4 is 29.1 Å². The Morgan fingerprint density at radius 1 is 1.04 bits per heavy atom. The number of nitrogens with zero attached hydrogens (tertiary/aromatic N) is 1. The highest BCUT2D eigenvalue weighted by atomic mass is 35.5. The number of rotatable bonds is 8. The molecule has 0 aliphatic rings. The number of hydrogen-bond acceptors (Lipinski definition) is 3. The molecule has 2 rings (SSSR count). The highest BCUT2D eigenvalue weighted by Gasteiger charge is 2.10. The molecule has 5 nitrogen and oxygen atoms in total. The minimum absolute atomic E-state index is 0.0971. The maximum absolute atomic E-state index is 12.2. The zero-order valence-corrected chi connectivity index (χ0v) is 16.7. The van der Waals surface area contributed by atoms with Crippen LogP contribution in [-0.4, -0.2) is 35.8 Å². The lowest BCUT2D eigenvalue weighted by Gasteiger charge is -2.24. The zero-order valence-electron chi connectivity index (χ0n) is 16.0. The largest absolute Gasteiger partial charge is 0.343 e. The molecule has 0 atom stereocenters. The van der Waals surface area contributed by atoms with E-state index in [1.165, 1.54) is 0 Å². The lowest BCUT2D eigenvalue weighted by Crippen LogP contribution is -2.33. The fourth-order valence-corrected chi connectivity index (χ4v) is 2.78. The molecule has 0 bridgehead atoms. The molecule has 0 aliphatic carbocycles. The molecule has 6 heteroatoms. The van der Waals surface area contributed by atoms with E-state index >= 15 is 0 Å². The Labute approximate surface area is 165 Å². The number of anilines is 1. The van der Waals surface area contributed by atoms with E-state index < -0.39 is 0 Å². The average Bonchev–Trinajstić information content (AvgIpc) is 2.66. The third kappa shape index (κ3) is 6.70. The number of carbonyl (C=O) groups excluding carboxylic acids is 2. The quantitative estimate of drug-likeness (QED) is 0.721. The second-order valence-corrected chi connectivity index (χ2v) is 7.03. The second-order valence-electron chi connectivity index (χ2n) is 6.59. The van der Waals surface area contributed by atoms with Crippen LogP contribution in [0.25, 0.3) is 0 Å². The Bertz CT molecular complexity index is 758. The molecule has 0 fully saturated rings. The van der Waals surface area contributed by atoms with Crippen molar-refractivity contribution in [2.75, 3.05) is 18.4 Å². The molecular weight excluding hydrogens is 362 g/mol. The van der Waals surface area contributed by atoms with Crippen LogP contribution in [0.1, 0.15) is 36.7 Å². The minimum Gasteiger partial charge on any atom is -0.343 e. The normalized spacial score (nSPS) is 10.9. The summed E-state index contributed by atoms with van der Waals surface area (Å²) in [6, 6.07) is 14.7. The Kier molecular flexibility index (Phi) is 7.82. The van der Waals surface area contributed by atoms with Gasteiger partial charge in [-0.15, -0.1) is 0 Å². The van der Waals surface area contributed by atoms with Crippen molar-refractivity contribution < 1.29 is 9.59 Å². The molecule has 2 amide bonds. The first-order chi connectivity index (χ1) is 12.9. The Morgan fingerprint density at radius 2 is 1.67 bits per heavy atom. The first-order valence-corrected chi connectivity index (χ1v) is 9.43. The summed E-state index contributed by atoms with van der Waals surface area (Å²) in [5, 5.41) is 5.94. The molecule has 0 aliphatic heterocycles. The van der Waals surface area contributed by atoms with Gasteiger partial charge in [-0.1, -0.05) is 30.7 Å². The van der Waals surface area contributed by atoms with Crippen LogP contribution in [0.5, 0.6) is 0 Å². The lowest BCUT2D eigenvalue weighted by atomic mass is 10.1. The number of hydrogen-bond donors (Lipinski definition) is 2. The topological polar surface area (TPSA) is 61.4 Å². The fraction of sp³-hybridized carbons (Fsp3) is 0.333. The predicted octanol–water partition coefficient (Wildman–Crippen LogP) is 3.94. The van der Waals surface area contributed by atoms with E-state index in [9.17, 15) is 9.59 Å². The third-order valence-corrected chi connectivity index (χ3v) is 4.53. The van der Waals surface area contributed by atoms with Crippen LogP contribution in [0.4, 0.5) is 5.69 Å². The van der Waals surface area contributed by atoms with Crippen LogP contribution in [-0.2, 0) is 11.3 Å². The third-order valence-electron chi connectivity index (χ3n) is 4.28. The molecule has 0 aromatic heterocycles. The van der Waals surface area contributed by atoms with Gasteiger partial charge in [-0.2, -0.15) is 0 Å². The van der Waals surface area contributed by atoms with Crippen molar-refractivity contribution in [3.63, 3.8) is 0 Å². The van der Waals surface area contributed by atoms with Gasteiger partial charge < -0.3 is 10.6 Å². The Balaban J connectivity index is 1.84. The van der Waals surface area contributed by atoms with E-state index in [0.29, 0.717) is 22.3 Å². The number of halogens is 1. The first-order valence-electron chi connectivity index (χ1n) is 9.05. The first kappa shape index (κ1) is 20.9. The molecule has 0 saturated heterocycles. The zero-order chi connectivity index (χ0) is 19.8. The van der Waals surface area contributed by atoms with Gasteiger partial charge in [0, 0.05) is 28.9 Å². The van der Waals surface area contributed by atoms with Crippen LogP contribution in [0, 0.1) is 0 Å². The van der Waals surface area contributed by atoms with Gasteiger partial charge in [0.15, 0.2) is 0 Å². The van der Waals surface area contributed by atoms with E-state index in [-0.39, 0.29) is 18.4 Å². The van der Waals surface area contributed by atoms with E-state index in [0.717, 1.165) is 18.7 Å². The monoisotopic (exact) mass is 387 g/mol. The van der Waals surface area contributed by atoms with Crippen molar-refractivity contribution in [3.8, 4) is 0 Å². The van der Waals surface area contributed by atoms with Gasteiger partial charge in [0.05, 0.1) is 6.54 Å². The van der Waals surface area contributed by atoms with Crippen molar-refractivity contribution in [1.82, 2.24) is 10.2 Å².